The smallest absolute Gasteiger partial charge is 0.265 e. The standard InChI is InChI=1S/C15H12N2O3/c18-9-11-4-5-14-13(7-11)17(15(19)10-20-14)8-12-3-1-2-6-16-12/h1-7,9H,8,10H2. The summed E-state index contributed by atoms with van der Waals surface area (Å²) in [5.74, 6) is 0.456. The lowest BCUT2D eigenvalue weighted by Crippen LogP contribution is -2.38. The molecule has 1 aliphatic rings. The number of nitrogens with zero attached hydrogens (tertiary/aromatic N) is 2. The van der Waals surface area contributed by atoms with E-state index in [2.05, 4.69) is 4.98 Å². The van der Waals surface area contributed by atoms with Crippen LogP contribution in [0.15, 0.2) is 42.6 Å². The Kier molecular flexibility index (Phi) is 3.16. The van der Waals surface area contributed by atoms with Crippen molar-refractivity contribution in [1.82, 2.24) is 4.98 Å². The van der Waals surface area contributed by atoms with Gasteiger partial charge in [-0.1, -0.05) is 6.07 Å². The van der Waals surface area contributed by atoms with Gasteiger partial charge in [-0.15, -0.1) is 0 Å². The van der Waals surface area contributed by atoms with E-state index in [1.165, 1.54) is 0 Å². The maximum absolute atomic E-state index is 12.0. The molecule has 0 bridgehead atoms. The minimum atomic E-state index is -0.147. The minimum Gasteiger partial charge on any atom is -0.482 e. The largest absolute Gasteiger partial charge is 0.482 e. The first-order chi connectivity index (χ1) is 9.78. The summed E-state index contributed by atoms with van der Waals surface area (Å²) in [6.45, 7) is 0.360. The number of aldehydes is 1. The van der Waals surface area contributed by atoms with Crippen molar-refractivity contribution < 1.29 is 14.3 Å². The normalized spacial score (nSPS) is 13.6. The number of carbonyl (C=O) groups is 2. The lowest BCUT2D eigenvalue weighted by Gasteiger charge is -2.29. The minimum absolute atomic E-state index is 0.000267. The second-order valence-corrected chi connectivity index (χ2v) is 4.43. The van der Waals surface area contributed by atoms with Gasteiger partial charge in [-0.05, 0) is 30.3 Å². The third-order valence-corrected chi connectivity index (χ3v) is 3.11. The Balaban J connectivity index is 1.98. The molecule has 0 aliphatic carbocycles. The predicted octanol–water partition coefficient (Wildman–Crippen LogP) is 1.82. The van der Waals surface area contributed by atoms with Crippen molar-refractivity contribution >= 4 is 17.9 Å². The third-order valence-electron chi connectivity index (χ3n) is 3.11. The quantitative estimate of drug-likeness (QED) is 0.797. The molecule has 20 heavy (non-hydrogen) atoms. The van der Waals surface area contributed by atoms with Gasteiger partial charge in [-0.2, -0.15) is 0 Å². The van der Waals surface area contributed by atoms with Crippen LogP contribution in [-0.4, -0.2) is 23.8 Å². The van der Waals surface area contributed by atoms with Crippen LogP contribution in [0.2, 0.25) is 0 Å². The fourth-order valence-electron chi connectivity index (χ4n) is 2.12. The molecule has 5 nitrogen and oxygen atoms in total. The lowest BCUT2D eigenvalue weighted by atomic mass is 10.1. The number of ether oxygens (including phenoxy) is 1. The highest BCUT2D eigenvalue weighted by atomic mass is 16.5. The summed E-state index contributed by atoms with van der Waals surface area (Å²) in [5.41, 5.74) is 1.90. The molecule has 5 heteroatoms. The molecule has 0 atom stereocenters. The zero-order valence-electron chi connectivity index (χ0n) is 10.7. The number of amides is 1. The third kappa shape index (κ3) is 2.25. The van der Waals surface area contributed by atoms with E-state index >= 15 is 0 Å². The maximum Gasteiger partial charge on any atom is 0.265 e. The molecular formula is C15H12N2O3. The lowest BCUT2D eigenvalue weighted by molar-refractivity contribution is -0.121. The molecule has 3 rings (SSSR count). The van der Waals surface area contributed by atoms with Crippen molar-refractivity contribution in [2.45, 2.75) is 6.54 Å². The molecule has 100 valence electrons. The molecule has 2 heterocycles. The molecule has 0 spiro atoms. The van der Waals surface area contributed by atoms with Gasteiger partial charge in [-0.25, -0.2) is 0 Å². The van der Waals surface area contributed by atoms with Crippen molar-refractivity contribution in [1.29, 1.82) is 0 Å². The molecule has 0 radical (unpaired) electrons. The maximum atomic E-state index is 12.0. The zero-order valence-corrected chi connectivity index (χ0v) is 10.7. The summed E-state index contributed by atoms with van der Waals surface area (Å²) in [7, 11) is 0. The summed E-state index contributed by atoms with van der Waals surface area (Å²) >= 11 is 0. The summed E-state index contributed by atoms with van der Waals surface area (Å²) in [5, 5.41) is 0. The van der Waals surface area contributed by atoms with E-state index in [4.69, 9.17) is 4.74 Å². The summed E-state index contributed by atoms with van der Waals surface area (Å²) < 4.78 is 5.38. The second-order valence-electron chi connectivity index (χ2n) is 4.43. The van der Waals surface area contributed by atoms with Crippen LogP contribution in [0.3, 0.4) is 0 Å². The molecule has 0 N–H and O–H groups in total. The van der Waals surface area contributed by atoms with Crippen LogP contribution in [0.4, 0.5) is 5.69 Å². The van der Waals surface area contributed by atoms with Gasteiger partial charge in [0.2, 0.25) is 0 Å². The number of pyridine rings is 1. The number of hydrogen-bond donors (Lipinski definition) is 0. The Morgan fingerprint density at radius 1 is 1.30 bits per heavy atom. The van der Waals surface area contributed by atoms with E-state index in [0.717, 1.165) is 12.0 Å². The van der Waals surface area contributed by atoms with Crippen molar-refractivity contribution in [3.63, 3.8) is 0 Å². The van der Waals surface area contributed by atoms with Gasteiger partial charge >= 0.3 is 0 Å². The Morgan fingerprint density at radius 2 is 2.20 bits per heavy atom. The van der Waals surface area contributed by atoms with Crippen molar-refractivity contribution in [2.75, 3.05) is 11.5 Å². The van der Waals surface area contributed by atoms with Crippen LogP contribution in [-0.2, 0) is 11.3 Å². The number of rotatable bonds is 3. The molecule has 0 unspecified atom stereocenters. The molecule has 1 aromatic carbocycles. The number of anilines is 1. The Hall–Kier alpha value is -2.69. The van der Waals surface area contributed by atoms with E-state index < -0.39 is 0 Å². The van der Waals surface area contributed by atoms with Crippen LogP contribution in [0.25, 0.3) is 0 Å². The Morgan fingerprint density at radius 3 is 2.95 bits per heavy atom. The molecule has 1 amide bonds. The van der Waals surface area contributed by atoms with Gasteiger partial charge in [0.1, 0.15) is 12.0 Å². The SMILES string of the molecule is O=Cc1ccc2c(c1)N(Cc1ccccn1)C(=O)CO2. The van der Waals surface area contributed by atoms with Crippen LogP contribution in [0.1, 0.15) is 16.1 Å². The van der Waals surface area contributed by atoms with Gasteiger partial charge in [0, 0.05) is 11.8 Å². The summed E-state index contributed by atoms with van der Waals surface area (Å²) in [4.78, 5) is 28.7. The molecule has 1 aromatic heterocycles. The van der Waals surface area contributed by atoms with Gasteiger partial charge in [0.15, 0.2) is 6.61 Å². The van der Waals surface area contributed by atoms with E-state index in [9.17, 15) is 9.59 Å². The number of fused-ring (bicyclic) bond motifs is 1. The average Bonchev–Trinajstić information content (AvgIpc) is 2.51. The highest BCUT2D eigenvalue weighted by Gasteiger charge is 2.26. The van der Waals surface area contributed by atoms with Crippen molar-refractivity contribution in [3.05, 3.63) is 53.9 Å². The van der Waals surface area contributed by atoms with Crippen LogP contribution in [0, 0.1) is 0 Å². The van der Waals surface area contributed by atoms with Crippen molar-refractivity contribution in [3.8, 4) is 5.75 Å². The Bertz CT molecular complexity index is 655. The topological polar surface area (TPSA) is 59.5 Å². The van der Waals surface area contributed by atoms with E-state index in [1.54, 1.807) is 29.3 Å². The summed E-state index contributed by atoms with van der Waals surface area (Å²) in [6, 6.07) is 10.6. The van der Waals surface area contributed by atoms with Gasteiger partial charge in [0.25, 0.3) is 5.91 Å². The first-order valence-corrected chi connectivity index (χ1v) is 6.20. The highest BCUT2D eigenvalue weighted by Crippen LogP contribution is 2.33. The fourth-order valence-corrected chi connectivity index (χ4v) is 2.12. The number of hydrogen-bond acceptors (Lipinski definition) is 4. The number of carbonyl (C=O) groups excluding carboxylic acids is 2. The first kappa shape index (κ1) is 12.3. The number of benzene rings is 1. The van der Waals surface area contributed by atoms with Gasteiger partial charge in [-0.3, -0.25) is 19.5 Å². The molecule has 0 saturated carbocycles. The van der Waals surface area contributed by atoms with E-state index in [1.807, 2.05) is 18.2 Å². The monoisotopic (exact) mass is 268 g/mol. The van der Waals surface area contributed by atoms with Gasteiger partial charge < -0.3 is 4.74 Å². The molecule has 2 aromatic rings. The Labute approximate surface area is 115 Å². The molecule has 1 aliphatic heterocycles. The molecule has 0 saturated heterocycles. The van der Waals surface area contributed by atoms with Crippen molar-refractivity contribution in [2.24, 2.45) is 0 Å². The average molecular weight is 268 g/mol. The van der Waals surface area contributed by atoms with Crippen LogP contribution >= 0.6 is 0 Å². The van der Waals surface area contributed by atoms with Crippen LogP contribution < -0.4 is 9.64 Å². The summed E-state index contributed by atoms with van der Waals surface area (Å²) in [6.07, 6.45) is 2.43. The number of aromatic nitrogens is 1. The van der Waals surface area contributed by atoms with Crippen LogP contribution in [0.5, 0.6) is 5.75 Å². The van der Waals surface area contributed by atoms with E-state index in [-0.39, 0.29) is 12.5 Å². The fraction of sp³-hybridized carbons (Fsp3) is 0.133. The molecular weight excluding hydrogens is 256 g/mol. The van der Waals surface area contributed by atoms with Gasteiger partial charge in [0.05, 0.1) is 17.9 Å². The zero-order chi connectivity index (χ0) is 13.9. The molecule has 0 fully saturated rings. The second kappa shape index (κ2) is 5.13. The van der Waals surface area contributed by atoms with E-state index in [0.29, 0.717) is 23.5 Å². The predicted molar refractivity (Wildman–Crippen MR) is 72.8 cm³/mol. The first-order valence-electron chi connectivity index (χ1n) is 6.20. The highest BCUT2D eigenvalue weighted by molar-refractivity contribution is 5.98.